The van der Waals surface area contributed by atoms with Crippen LogP contribution in [0.15, 0.2) is 279 Å². The van der Waals surface area contributed by atoms with Crippen molar-refractivity contribution in [1.29, 1.82) is 0 Å². The molecule has 13 rings (SSSR count). The molecular weight excluding hydrogens is 849 g/mol. The normalized spacial score (nSPS) is 11.4. The van der Waals surface area contributed by atoms with E-state index in [0.29, 0.717) is 0 Å². The molecule has 2 heterocycles. The Morgan fingerprint density at radius 3 is 0.886 bits per heavy atom. The topological polar surface area (TPSA) is 16.3 Å². The fourth-order valence-corrected chi connectivity index (χ4v) is 10.4. The minimum atomic E-state index is 1.09. The van der Waals surface area contributed by atoms with Gasteiger partial charge in [0.25, 0.3) is 0 Å². The molecule has 0 saturated carbocycles. The zero-order valence-electron chi connectivity index (χ0n) is 38.3. The fraction of sp³-hybridized carbons (Fsp3) is 0. The van der Waals surface area contributed by atoms with Gasteiger partial charge in [0.1, 0.15) is 0 Å². The molecule has 4 heteroatoms. The van der Waals surface area contributed by atoms with Crippen molar-refractivity contribution in [1.82, 2.24) is 9.13 Å². The summed E-state index contributed by atoms with van der Waals surface area (Å²) in [5.41, 5.74) is 15.8. The van der Waals surface area contributed by atoms with Crippen LogP contribution in [0.1, 0.15) is 0 Å². The third kappa shape index (κ3) is 7.18. The van der Waals surface area contributed by atoms with E-state index in [2.05, 4.69) is 298 Å². The maximum Gasteiger partial charge on any atom is 0.0542 e. The van der Waals surface area contributed by atoms with E-state index < -0.39 is 0 Å². The van der Waals surface area contributed by atoms with E-state index in [0.717, 1.165) is 89.8 Å². The molecule has 0 saturated heterocycles. The Morgan fingerprint density at radius 2 is 0.529 bits per heavy atom. The van der Waals surface area contributed by atoms with E-state index in [1.807, 2.05) is 0 Å². The van der Waals surface area contributed by atoms with Gasteiger partial charge in [-0.05, 0) is 131 Å². The predicted molar refractivity (Wildman–Crippen MR) is 295 cm³/mol. The second-order valence-corrected chi connectivity index (χ2v) is 17.8. The summed E-state index contributed by atoms with van der Waals surface area (Å²) in [6, 6.07) is 101. The smallest absolute Gasteiger partial charge is 0.0542 e. The number of nitrogens with zero attached hydrogens (tertiary/aromatic N) is 4. The maximum absolute atomic E-state index is 2.48. The van der Waals surface area contributed by atoms with Crippen LogP contribution in [0.5, 0.6) is 0 Å². The first-order valence-electron chi connectivity index (χ1n) is 23.9. The number of fused-ring (bicyclic) bond motifs is 4. The van der Waals surface area contributed by atoms with Gasteiger partial charge in [-0.1, -0.05) is 170 Å². The molecule has 70 heavy (non-hydrogen) atoms. The van der Waals surface area contributed by atoms with Crippen molar-refractivity contribution in [2.45, 2.75) is 0 Å². The summed E-state index contributed by atoms with van der Waals surface area (Å²) in [6.07, 6.45) is 0. The molecular formula is C66H46N4. The van der Waals surface area contributed by atoms with Gasteiger partial charge in [0.2, 0.25) is 0 Å². The van der Waals surface area contributed by atoms with Crippen LogP contribution in [-0.2, 0) is 0 Å². The zero-order valence-corrected chi connectivity index (χ0v) is 38.3. The van der Waals surface area contributed by atoms with Gasteiger partial charge in [-0.25, -0.2) is 0 Å². The molecule has 0 radical (unpaired) electrons. The monoisotopic (exact) mass is 894 g/mol. The van der Waals surface area contributed by atoms with Gasteiger partial charge in [0.05, 0.1) is 33.8 Å². The number of para-hydroxylation sites is 4. The zero-order chi connectivity index (χ0) is 46.4. The lowest BCUT2D eigenvalue weighted by Gasteiger charge is -2.25. The summed E-state index contributed by atoms with van der Waals surface area (Å²) in [6.45, 7) is 0. The molecule has 0 fully saturated rings. The molecule has 11 aromatic carbocycles. The lowest BCUT2D eigenvalue weighted by atomic mass is 10.1. The van der Waals surface area contributed by atoms with Crippen LogP contribution in [-0.4, -0.2) is 9.13 Å². The molecule has 0 amide bonds. The van der Waals surface area contributed by atoms with Gasteiger partial charge in [-0.15, -0.1) is 0 Å². The molecule has 13 aromatic rings. The van der Waals surface area contributed by atoms with Crippen LogP contribution in [0.3, 0.4) is 0 Å². The minimum absolute atomic E-state index is 1.09. The van der Waals surface area contributed by atoms with Crippen LogP contribution in [0.2, 0.25) is 0 Å². The van der Waals surface area contributed by atoms with Crippen molar-refractivity contribution < 1.29 is 0 Å². The first-order chi connectivity index (χ1) is 34.7. The first kappa shape index (κ1) is 40.9. The number of rotatable bonds is 10. The molecule has 0 spiro atoms. The minimum Gasteiger partial charge on any atom is -0.311 e. The average molecular weight is 895 g/mol. The van der Waals surface area contributed by atoms with Gasteiger partial charge < -0.3 is 18.9 Å². The number of hydrogen-bond acceptors (Lipinski definition) is 2. The molecule has 0 aliphatic heterocycles. The third-order valence-electron chi connectivity index (χ3n) is 13.6. The Bertz CT molecular complexity index is 3620. The summed E-state index contributed by atoms with van der Waals surface area (Å²) in [5, 5.41) is 7.14. The molecule has 330 valence electrons. The maximum atomic E-state index is 2.48. The number of anilines is 6. The summed E-state index contributed by atoms with van der Waals surface area (Å²) >= 11 is 0. The van der Waals surface area contributed by atoms with Crippen LogP contribution >= 0.6 is 0 Å². The van der Waals surface area contributed by atoms with Gasteiger partial charge in [0, 0.05) is 55.7 Å². The van der Waals surface area contributed by atoms with E-state index >= 15 is 0 Å². The van der Waals surface area contributed by atoms with E-state index in [9.17, 15) is 0 Å². The lowest BCUT2D eigenvalue weighted by Crippen LogP contribution is -2.09. The SMILES string of the molecule is c1ccc(N(c2ccccc2)c2ccc(-c3cc4cc5c(cc(-c6ccc(N(c7ccccc7)c7ccccc7)cc6)n5-c5cccc6ccccc56)cc4n3-c3cccc4ccccc34)cc2)cc1. The van der Waals surface area contributed by atoms with Gasteiger partial charge in [-0.3, -0.25) is 0 Å². The van der Waals surface area contributed by atoms with Crippen molar-refractivity contribution in [3.8, 4) is 33.9 Å². The van der Waals surface area contributed by atoms with Gasteiger partial charge in [0.15, 0.2) is 0 Å². The van der Waals surface area contributed by atoms with Crippen LogP contribution < -0.4 is 9.80 Å². The highest BCUT2D eigenvalue weighted by atomic mass is 15.1. The predicted octanol–water partition coefficient (Wildman–Crippen LogP) is 18.2. The molecule has 0 aliphatic carbocycles. The quantitative estimate of drug-likeness (QED) is 0.136. The molecule has 0 unspecified atom stereocenters. The van der Waals surface area contributed by atoms with Gasteiger partial charge in [-0.2, -0.15) is 0 Å². The fourth-order valence-electron chi connectivity index (χ4n) is 10.4. The molecule has 0 aliphatic rings. The molecule has 0 N–H and O–H groups in total. The second-order valence-electron chi connectivity index (χ2n) is 17.8. The van der Waals surface area contributed by atoms with Crippen molar-refractivity contribution >= 4 is 77.5 Å². The number of hydrogen-bond donors (Lipinski definition) is 0. The number of aromatic nitrogens is 2. The molecule has 2 aromatic heterocycles. The highest BCUT2D eigenvalue weighted by molar-refractivity contribution is 6.05. The van der Waals surface area contributed by atoms with Crippen molar-refractivity contribution in [3.63, 3.8) is 0 Å². The van der Waals surface area contributed by atoms with Gasteiger partial charge >= 0.3 is 0 Å². The largest absolute Gasteiger partial charge is 0.311 e. The highest BCUT2D eigenvalue weighted by Crippen LogP contribution is 2.43. The van der Waals surface area contributed by atoms with E-state index in [-0.39, 0.29) is 0 Å². The summed E-state index contributed by atoms with van der Waals surface area (Å²) in [5.74, 6) is 0. The molecule has 0 bridgehead atoms. The average Bonchev–Trinajstić information content (AvgIpc) is 3.99. The van der Waals surface area contributed by atoms with E-state index in [1.165, 1.54) is 21.5 Å². The van der Waals surface area contributed by atoms with Crippen LogP contribution in [0.4, 0.5) is 34.1 Å². The van der Waals surface area contributed by atoms with Crippen LogP contribution in [0.25, 0.3) is 77.2 Å². The van der Waals surface area contributed by atoms with E-state index in [1.54, 1.807) is 0 Å². The molecule has 4 nitrogen and oxygen atoms in total. The van der Waals surface area contributed by atoms with Crippen molar-refractivity contribution in [3.05, 3.63) is 279 Å². The third-order valence-corrected chi connectivity index (χ3v) is 13.6. The summed E-state index contributed by atoms with van der Waals surface area (Å²) < 4.78 is 4.95. The summed E-state index contributed by atoms with van der Waals surface area (Å²) in [7, 11) is 0. The highest BCUT2D eigenvalue weighted by Gasteiger charge is 2.22. The Morgan fingerprint density at radius 1 is 0.229 bits per heavy atom. The summed E-state index contributed by atoms with van der Waals surface area (Å²) in [4.78, 5) is 4.63. The Labute approximate surface area is 407 Å². The Kier molecular flexibility index (Phi) is 10.1. The Balaban J connectivity index is 1.01. The molecule has 0 atom stereocenters. The standard InChI is InChI=1S/C66H46N4/c1-5-23-53(24-6-1)67(54-25-7-2-8-26-54)57-39-35-49(36-40-57)63-43-51-45-66-52(46-65(51)69(63)61-33-17-21-47-19-13-15-31-59(47)61)44-64(70(66)62-34-18-22-48-20-14-16-32-60(48)62)50-37-41-58(42-38-50)68(55-27-9-3-10-28-55)56-29-11-4-12-30-56/h1-46H. The first-order valence-corrected chi connectivity index (χ1v) is 23.9. The Hall–Kier alpha value is -9.38. The van der Waals surface area contributed by atoms with Crippen molar-refractivity contribution in [2.24, 2.45) is 0 Å². The van der Waals surface area contributed by atoms with Crippen LogP contribution in [0, 0.1) is 0 Å². The van der Waals surface area contributed by atoms with E-state index in [4.69, 9.17) is 0 Å². The lowest BCUT2D eigenvalue weighted by molar-refractivity contribution is 1.14. The van der Waals surface area contributed by atoms with Crippen molar-refractivity contribution in [2.75, 3.05) is 9.80 Å². The second kappa shape index (κ2) is 17.4. The number of benzene rings is 11.